The van der Waals surface area contributed by atoms with E-state index in [1.54, 1.807) is 6.07 Å². The number of hydrogen-bond donors (Lipinski definition) is 0. The smallest absolute Gasteiger partial charge is 0.0991 e. The Labute approximate surface area is 83.2 Å². The normalized spacial score (nSPS) is 9.36. The summed E-state index contributed by atoms with van der Waals surface area (Å²) in [5.74, 6) is 0. The maximum absolute atomic E-state index is 8.74. The molecule has 0 aromatic heterocycles. The molecule has 64 valence electrons. The van der Waals surface area contributed by atoms with Gasteiger partial charge in [-0.1, -0.05) is 24.3 Å². The monoisotopic (exact) mass is 177 g/mol. The average Bonchev–Trinajstić information content (AvgIpc) is 2.30. The van der Waals surface area contributed by atoms with Crippen molar-refractivity contribution in [2.75, 3.05) is 0 Å². The van der Waals surface area contributed by atoms with Crippen LogP contribution in [0.1, 0.15) is 5.56 Å². The Balaban J connectivity index is 2.49. The van der Waals surface area contributed by atoms with Crippen molar-refractivity contribution in [2.45, 2.75) is 0 Å². The molecule has 2 aromatic carbocycles. The van der Waals surface area contributed by atoms with E-state index in [9.17, 15) is 0 Å². The molecule has 1 nitrogen and oxygen atoms in total. The van der Waals surface area contributed by atoms with Gasteiger partial charge in [0.15, 0.2) is 0 Å². The molecule has 1 heteroatoms. The maximum atomic E-state index is 8.74. The van der Waals surface area contributed by atoms with Crippen molar-refractivity contribution in [1.82, 2.24) is 0 Å². The van der Waals surface area contributed by atoms with Crippen LogP contribution in [0.25, 0.3) is 11.1 Å². The van der Waals surface area contributed by atoms with E-state index in [2.05, 4.69) is 18.2 Å². The average molecular weight is 177 g/mol. The molecule has 0 atom stereocenters. The van der Waals surface area contributed by atoms with E-state index < -0.39 is 0 Å². The highest BCUT2D eigenvalue weighted by atomic mass is 14.2. The van der Waals surface area contributed by atoms with Gasteiger partial charge in [-0.3, -0.25) is 0 Å². The van der Waals surface area contributed by atoms with Crippen molar-refractivity contribution in [1.29, 1.82) is 5.26 Å². The largest absolute Gasteiger partial charge is 0.192 e. The Morgan fingerprint density at radius 2 is 2.00 bits per heavy atom. The van der Waals surface area contributed by atoms with E-state index >= 15 is 0 Å². The first-order chi connectivity index (χ1) is 6.90. The topological polar surface area (TPSA) is 23.8 Å². The van der Waals surface area contributed by atoms with E-state index in [4.69, 9.17) is 5.26 Å². The Morgan fingerprint density at radius 1 is 1.07 bits per heavy atom. The lowest BCUT2D eigenvalue weighted by Gasteiger charge is -2.00. The van der Waals surface area contributed by atoms with Crippen LogP contribution in [0.15, 0.2) is 42.5 Å². The molecule has 0 aliphatic carbocycles. The summed E-state index contributed by atoms with van der Waals surface area (Å²) in [6.07, 6.45) is 0. The van der Waals surface area contributed by atoms with Gasteiger partial charge in [0, 0.05) is 0 Å². The molecule has 2 aromatic rings. The zero-order chi connectivity index (χ0) is 9.80. The third kappa shape index (κ3) is 1.65. The molecular weight excluding hydrogens is 170 g/mol. The second-order valence-corrected chi connectivity index (χ2v) is 2.91. The fourth-order valence-electron chi connectivity index (χ4n) is 1.29. The summed E-state index contributed by atoms with van der Waals surface area (Å²) >= 11 is 0. The van der Waals surface area contributed by atoms with Gasteiger partial charge in [0.1, 0.15) is 0 Å². The molecule has 2 rings (SSSR count). The highest BCUT2D eigenvalue weighted by Crippen LogP contribution is 2.18. The van der Waals surface area contributed by atoms with Gasteiger partial charge in [0.25, 0.3) is 0 Å². The molecule has 0 saturated heterocycles. The molecule has 0 N–H and O–H groups in total. The number of nitriles is 1. The van der Waals surface area contributed by atoms with Crippen LogP contribution in [-0.2, 0) is 0 Å². The van der Waals surface area contributed by atoms with Crippen molar-refractivity contribution in [3.8, 4) is 17.2 Å². The van der Waals surface area contributed by atoms with Gasteiger partial charge in [-0.15, -0.1) is 0 Å². The number of nitrogens with zero attached hydrogens (tertiary/aromatic N) is 1. The van der Waals surface area contributed by atoms with Crippen LogP contribution < -0.4 is 0 Å². The lowest BCUT2D eigenvalue weighted by Crippen LogP contribution is -1.79. The van der Waals surface area contributed by atoms with Crippen LogP contribution in [0.2, 0.25) is 0 Å². The van der Waals surface area contributed by atoms with Gasteiger partial charge >= 0.3 is 0 Å². The fraction of sp³-hybridized carbons (Fsp3) is 0. The molecule has 0 unspecified atom stereocenters. The molecule has 14 heavy (non-hydrogen) atoms. The molecule has 0 amide bonds. The highest BCUT2D eigenvalue weighted by Gasteiger charge is 1.97. The van der Waals surface area contributed by atoms with Crippen molar-refractivity contribution in [3.05, 3.63) is 60.2 Å². The lowest BCUT2D eigenvalue weighted by molar-refractivity contribution is 1.48. The van der Waals surface area contributed by atoms with Crippen LogP contribution in [0.5, 0.6) is 0 Å². The number of hydrogen-bond acceptors (Lipinski definition) is 1. The molecule has 0 saturated carbocycles. The van der Waals surface area contributed by atoms with Crippen molar-refractivity contribution in [2.24, 2.45) is 0 Å². The first kappa shape index (κ1) is 8.52. The Kier molecular flexibility index (Phi) is 2.29. The maximum Gasteiger partial charge on any atom is 0.0991 e. The van der Waals surface area contributed by atoms with Crippen molar-refractivity contribution < 1.29 is 0 Å². The molecule has 0 heterocycles. The summed E-state index contributed by atoms with van der Waals surface area (Å²) in [5, 5.41) is 8.74. The lowest BCUT2D eigenvalue weighted by atomic mass is 10.0. The molecule has 0 aliphatic rings. The van der Waals surface area contributed by atoms with Gasteiger partial charge < -0.3 is 0 Å². The SMILES string of the molecule is N#Cc1cccc(-c2c[c][c]cc2)c1. The quantitative estimate of drug-likeness (QED) is 0.657. The van der Waals surface area contributed by atoms with Crippen LogP contribution in [0.4, 0.5) is 0 Å². The summed E-state index contributed by atoms with van der Waals surface area (Å²) < 4.78 is 0. The Morgan fingerprint density at radius 3 is 2.71 bits per heavy atom. The van der Waals surface area contributed by atoms with E-state index in [-0.39, 0.29) is 0 Å². The van der Waals surface area contributed by atoms with E-state index in [0.29, 0.717) is 5.56 Å². The highest BCUT2D eigenvalue weighted by molar-refractivity contribution is 5.64. The third-order valence-corrected chi connectivity index (χ3v) is 1.98. The third-order valence-electron chi connectivity index (χ3n) is 1.98. The summed E-state index contributed by atoms with van der Waals surface area (Å²) in [6, 6.07) is 21.0. The molecule has 0 spiro atoms. The fourth-order valence-corrected chi connectivity index (χ4v) is 1.29. The Hall–Kier alpha value is -2.07. The summed E-state index contributed by atoms with van der Waals surface area (Å²) in [7, 11) is 0. The number of benzene rings is 2. The second-order valence-electron chi connectivity index (χ2n) is 2.91. The second kappa shape index (κ2) is 3.76. The van der Waals surface area contributed by atoms with E-state index in [1.165, 1.54) is 0 Å². The molecule has 0 aliphatic heterocycles. The minimum atomic E-state index is 0.676. The van der Waals surface area contributed by atoms with Crippen LogP contribution in [0, 0.1) is 23.5 Å². The van der Waals surface area contributed by atoms with Crippen molar-refractivity contribution >= 4 is 0 Å². The van der Waals surface area contributed by atoms with Gasteiger partial charge in [-0.25, -0.2) is 0 Å². The minimum absolute atomic E-state index is 0.676. The van der Waals surface area contributed by atoms with Gasteiger partial charge in [0.05, 0.1) is 11.6 Å². The predicted molar refractivity (Wildman–Crippen MR) is 54.3 cm³/mol. The molecule has 0 bridgehead atoms. The predicted octanol–water partition coefficient (Wildman–Crippen LogP) is 2.83. The van der Waals surface area contributed by atoms with Crippen LogP contribution in [-0.4, -0.2) is 0 Å². The van der Waals surface area contributed by atoms with E-state index in [0.717, 1.165) is 11.1 Å². The standard InChI is InChI=1S/C13H7N/c14-10-11-5-4-8-13(9-11)12-6-2-1-3-7-12/h2,4-9H. The first-order valence-corrected chi connectivity index (χ1v) is 4.28. The zero-order valence-electron chi connectivity index (χ0n) is 7.49. The molecule has 0 fully saturated rings. The van der Waals surface area contributed by atoms with Crippen LogP contribution in [0.3, 0.4) is 0 Å². The van der Waals surface area contributed by atoms with Crippen LogP contribution >= 0.6 is 0 Å². The molecule has 2 radical (unpaired) electrons. The van der Waals surface area contributed by atoms with E-state index in [1.807, 2.05) is 36.4 Å². The summed E-state index contributed by atoms with van der Waals surface area (Å²) in [5.41, 5.74) is 2.77. The van der Waals surface area contributed by atoms with Crippen molar-refractivity contribution in [3.63, 3.8) is 0 Å². The zero-order valence-corrected chi connectivity index (χ0v) is 7.49. The number of rotatable bonds is 1. The summed E-state index contributed by atoms with van der Waals surface area (Å²) in [4.78, 5) is 0. The van der Waals surface area contributed by atoms with Gasteiger partial charge in [0.2, 0.25) is 0 Å². The molecular formula is C13H7N. The minimum Gasteiger partial charge on any atom is -0.192 e. The Bertz CT molecular complexity index is 466. The summed E-state index contributed by atoms with van der Waals surface area (Å²) in [6.45, 7) is 0. The first-order valence-electron chi connectivity index (χ1n) is 4.28. The van der Waals surface area contributed by atoms with Gasteiger partial charge in [-0.2, -0.15) is 5.26 Å². The van der Waals surface area contributed by atoms with Gasteiger partial charge in [-0.05, 0) is 41.5 Å².